The van der Waals surface area contributed by atoms with Crippen LogP contribution in [0.1, 0.15) is 37.9 Å². The van der Waals surface area contributed by atoms with Crippen LogP contribution in [-0.4, -0.2) is 64.3 Å². The topological polar surface area (TPSA) is 97.2 Å². The molecule has 3 heterocycles. The molecular formula is C23H27F2N7O2. The molecule has 1 aliphatic heterocycles. The molecule has 0 spiro atoms. The van der Waals surface area contributed by atoms with Crippen LogP contribution in [0.3, 0.4) is 0 Å². The van der Waals surface area contributed by atoms with Crippen molar-refractivity contribution >= 4 is 29.2 Å². The van der Waals surface area contributed by atoms with E-state index in [0.717, 1.165) is 32.1 Å². The Bertz CT molecular complexity index is 1140. The SMILES string of the molecule is O=CN[C@H]1CC[C@H](Nc2nc(N3CCOCC3)cc(-n3c(C(F)F)nc4ccccc43)n2)CC1. The predicted molar refractivity (Wildman–Crippen MR) is 124 cm³/mol. The van der Waals surface area contributed by atoms with Gasteiger partial charge in [-0.2, -0.15) is 9.97 Å². The number of morpholine rings is 1. The van der Waals surface area contributed by atoms with E-state index in [1.54, 1.807) is 30.3 Å². The number of imidazole rings is 1. The quantitative estimate of drug-likeness (QED) is 0.511. The Kier molecular flexibility index (Phi) is 6.52. The van der Waals surface area contributed by atoms with Crippen molar-refractivity contribution in [2.75, 3.05) is 36.5 Å². The number of aromatic nitrogens is 4. The summed E-state index contributed by atoms with van der Waals surface area (Å²) in [5.74, 6) is 1.05. The number of nitrogens with one attached hydrogen (secondary N) is 2. The predicted octanol–water partition coefficient (Wildman–Crippen LogP) is 3.06. The van der Waals surface area contributed by atoms with Gasteiger partial charge < -0.3 is 20.3 Å². The van der Waals surface area contributed by atoms with Crippen LogP contribution in [0.2, 0.25) is 0 Å². The van der Waals surface area contributed by atoms with Crippen LogP contribution >= 0.6 is 0 Å². The third-order valence-corrected chi connectivity index (χ3v) is 6.41. The van der Waals surface area contributed by atoms with E-state index in [1.807, 2.05) is 0 Å². The zero-order chi connectivity index (χ0) is 23.5. The van der Waals surface area contributed by atoms with Crippen LogP contribution in [0, 0.1) is 0 Å². The van der Waals surface area contributed by atoms with Crippen molar-refractivity contribution in [2.45, 2.75) is 44.2 Å². The van der Waals surface area contributed by atoms with Crippen molar-refractivity contribution < 1.29 is 18.3 Å². The van der Waals surface area contributed by atoms with Gasteiger partial charge in [0, 0.05) is 31.2 Å². The van der Waals surface area contributed by atoms with E-state index in [1.165, 1.54) is 4.57 Å². The number of fused-ring (bicyclic) bond motifs is 1. The van der Waals surface area contributed by atoms with Crippen LogP contribution in [0.5, 0.6) is 0 Å². The molecule has 1 aromatic carbocycles. The fraction of sp³-hybridized carbons (Fsp3) is 0.478. The molecule has 2 fully saturated rings. The van der Waals surface area contributed by atoms with Gasteiger partial charge in [0.15, 0.2) is 5.82 Å². The third kappa shape index (κ3) is 4.65. The number of hydrogen-bond acceptors (Lipinski definition) is 7. The summed E-state index contributed by atoms with van der Waals surface area (Å²) in [6, 6.07) is 9.10. The van der Waals surface area contributed by atoms with Gasteiger partial charge in [-0.3, -0.25) is 9.36 Å². The Labute approximate surface area is 195 Å². The van der Waals surface area contributed by atoms with Gasteiger partial charge in [0.25, 0.3) is 6.43 Å². The number of halogens is 2. The van der Waals surface area contributed by atoms with Gasteiger partial charge >= 0.3 is 0 Å². The normalized spacial score (nSPS) is 21.1. The summed E-state index contributed by atoms with van der Waals surface area (Å²) in [7, 11) is 0. The molecule has 1 saturated carbocycles. The monoisotopic (exact) mass is 471 g/mol. The van der Waals surface area contributed by atoms with Gasteiger partial charge in [0.1, 0.15) is 11.6 Å². The average molecular weight is 472 g/mol. The molecule has 0 atom stereocenters. The summed E-state index contributed by atoms with van der Waals surface area (Å²) < 4.78 is 34.8. The fourth-order valence-electron chi connectivity index (χ4n) is 4.67. The molecule has 2 N–H and O–H groups in total. The molecule has 0 radical (unpaired) electrons. The number of para-hydroxylation sites is 2. The fourth-order valence-corrected chi connectivity index (χ4v) is 4.67. The Hall–Kier alpha value is -3.34. The van der Waals surface area contributed by atoms with Crippen molar-refractivity contribution in [3.05, 3.63) is 36.2 Å². The smallest absolute Gasteiger partial charge is 0.296 e. The van der Waals surface area contributed by atoms with Crippen molar-refractivity contribution in [3.8, 4) is 5.82 Å². The Balaban J connectivity index is 1.52. The Morgan fingerprint density at radius 3 is 2.44 bits per heavy atom. The Morgan fingerprint density at radius 1 is 1.00 bits per heavy atom. The van der Waals surface area contributed by atoms with E-state index in [2.05, 4.69) is 25.5 Å². The van der Waals surface area contributed by atoms with Gasteiger partial charge in [0.05, 0.1) is 24.2 Å². The lowest BCUT2D eigenvalue weighted by atomic mass is 9.91. The minimum absolute atomic E-state index is 0.131. The molecule has 34 heavy (non-hydrogen) atoms. The summed E-state index contributed by atoms with van der Waals surface area (Å²) in [4.78, 5) is 26.3. The first-order valence-corrected chi connectivity index (χ1v) is 11.6. The summed E-state index contributed by atoms with van der Waals surface area (Å²) in [5, 5.41) is 6.25. The maximum atomic E-state index is 14.0. The molecule has 0 bridgehead atoms. The van der Waals surface area contributed by atoms with Crippen LogP contribution in [0.4, 0.5) is 20.5 Å². The van der Waals surface area contributed by atoms with Crippen LogP contribution in [0.25, 0.3) is 16.9 Å². The largest absolute Gasteiger partial charge is 0.378 e. The molecule has 180 valence electrons. The lowest BCUT2D eigenvalue weighted by molar-refractivity contribution is -0.110. The molecule has 2 aromatic heterocycles. The number of benzene rings is 1. The maximum Gasteiger partial charge on any atom is 0.296 e. The van der Waals surface area contributed by atoms with E-state index >= 15 is 0 Å². The Morgan fingerprint density at radius 2 is 1.71 bits per heavy atom. The van der Waals surface area contributed by atoms with E-state index < -0.39 is 6.43 Å². The van der Waals surface area contributed by atoms with Gasteiger partial charge in [-0.25, -0.2) is 13.8 Å². The zero-order valence-corrected chi connectivity index (χ0v) is 18.7. The van der Waals surface area contributed by atoms with E-state index in [4.69, 9.17) is 9.72 Å². The first kappa shape index (κ1) is 22.5. The van der Waals surface area contributed by atoms with Crippen molar-refractivity contribution in [1.82, 2.24) is 24.8 Å². The highest BCUT2D eigenvalue weighted by Gasteiger charge is 2.25. The highest BCUT2D eigenvalue weighted by molar-refractivity contribution is 5.78. The van der Waals surface area contributed by atoms with E-state index in [-0.39, 0.29) is 17.9 Å². The molecule has 11 heteroatoms. The maximum absolute atomic E-state index is 14.0. The van der Waals surface area contributed by atoms with Crippen LogP contribution in [0.15, 0.2) is 30.3 Å². The second-order valence-electron chi connectivity index (χ2n) is 8.58. The number of anilines is 2. The number of hydrogen-bond donors (Lipinski definition) is 2. The summed E-state index contributed by atoms with van der Waals surface area (Å²) in [6.07, 6.45) is 1.40. The average Bonchev–Trinajstić information content (AvgIpc) is 3.26. The molecule has 9 nitrogen and oxygen atoms in total. The summed E-state index contributed by atoms with van der Waals surface area (Å²) in [6.45, 7) is 2.47. The number of rotatable bonds is 7. The number of carbonyl (C=O) groups is 1. The number of amides is 1. The van der Waals surface area contributed by atoms with Crippen LogP contribution in [-0.2, 0) is 9.53 Å². The molecule has 1 saturated heterocycles. The van der Waals surface area contributed by atoms with Gasteiger partial charge in [-0.05, 0) is 37.8 Å². The van der Waals surface area contributed by atoms with E-state index in [9.17, 15) is 13.6 Å². The molecule has 1 aliphatic carbocycles. The van der Waals surface area contributed by atoms with Gasteiger partial charge in [-0.15, -0.1) is 0 Å². The third-order valence-electron chi connectivity index (χ3n) is 6.41. The second kappa shape index (κ2) is 9.88. The summed E-state index contributed by atoms with van der Waals surface area (Å²) in [5.41, 5.74) is 1.05. The molecule has 3 aromatic rings. The first-order chi connectivity index (χ1) is 16.6. The molecular weight excluding hydrogens is 444 g/mol. The molecule has 1 amide bonds. The van der Waals surface area contributed by atoms with Crippen LogP contribution < -0.4 is 15.5 Å². The van der Waals surface area contributed by atoms with Crippen molar-refractivity contribution in [1.29, 1.82) is 0 Å². The van der Waals surface area contributed by atoms with Gasteiger partial charge in [0.2, 0.25) is 12.4 Å². The molecule has 5 rings (SSSR count). The number of carbonyl (C=O) groups excluding carboxylic acids is 1. The number of ether oxygens (including phenoxy) is 1. The lowest BCUT2D eigenvalue weighted by Gasteiger charge is -2.30. The minimum Gasteiger partial charge on any atom is -0.378 e. The molecule has 2 aliphatic rings. The van der Waals surface area contributed by atoms with Crippen molar-refractivity contribution in [2.24, 2.45) is 0 Å². The van der Waals surface area contributed by atoms with E-state index in [0.29, 0.717) is 54.9 Å². The standard InChI is InChI=1S/C23H27F2N7O2/c24-21(25)22-28-17-3-1-2-4-18(17)32(22)20-13-19(31-9-11-34-12-10-31)29-23(30-20)27-16-7-5-15(6-8-16)26-14-33/h1-4,13-16,21H,5-12H2,(H,26,33)(H,27,29,30)/t15-,16-. The zero-order valence-electron chi connectivity index (χ0n) is 18.7. The second-order valence-corrected chi connectivity index (χ2v) is 8.58. The number of nitrogens with zero attached hydrogens (tertiary/aromatic N) is 5. The van der Waals surface area contributed by atoms with Crippen molar-refractivity contribution in [3.63, 3.8) is 0 Å². The minimum atomic E-state index is -2.76. The summed E-state index contributed by atoms with van der Waals surface area (Å²) >= 11 is 0. The highest BCUT2D eigenvalue weighted by Crippen LogP contribution is 2.30. The first-order valence-electron chi connectivity index (χ1n) is 11.6. The highest BCUT2D eigenvalue weighted by atomic mass is 19.3. The van der Waals surface area contributed by atoms with Gasteiger partial charge in [-0.1, -0.05) is 12.1 Å². The lowest BCUT2D eigenvalue weighted by Crippen LogP contribution is -2.38. The number of alkyl halides is 2. The molecule has 0 unspecified atom stereocenters.